The number of carbonyl (C=O) groups is 1. The molecule has 0 unspecified atom stereocenters. The van der Waals surface area contributed by atoms with Gasteiger partial charge in [-0.3, -0.25) is 4.79 Å². The molecule has 0 aliphatic carbocycles. The highest BCUT2D eigenvalue weighted by molar-refractivity contribution is 5.94. The van der Waals surface area contributed by atoms with E-state index in [9.17, 15) is 4.79 Å². The minimum Gasteiger partial charge on any atom is -0.397 e. The zero-order valence-corrected chi connectivity index (χ0v) is 7.87. The van der Waals surface area contributed by atoms with E-state index >= 15 is 0 Å². The molecule has 3 N–H and O–H groups in total. The van der Waals surface area contributed by atoms with Crippen molar-refractivity contribution in [2.75, 3.05) is 11.1 Å². The van der Waals surface area contributed by atoms with Crippen LogP contribution in [-0.2, 0) is 4.79 Å². The Labute approximate surface area is 85.3 Å². The topological polar surface area (TPSA) is 55.1 Å². The molecule has 78 valence electrons. The first-order valence-corrected chi connectivity index (χ1v) is 4.26. The van der Waals surface area contributed by atoms with E-state index in [0.29, 0.717) is 11.4 Å². The van der Waals surface area contributed by atoms with Gasteiger partial charge in [0.25, 0.3) is 0 Å². The third-order valence-electron chi connectivity index (χ3n) is 1.74. The molecular formula is C11H18N2O. The molecule has 1 aromatic carbocycles. The maximum atomic E-state index is 11.3. The predicted octanol–water partition coefficient (Wildman–Crippen LogP) is 2.50. The maximum absolute atomic E-state index is 11.3. The molecule has 0 fully saturated rings. The molecule has 0 aliphatic rings. The largest absolute Gasteiger partial charge is 0.397 e. The summed E-state index contributed by atoms with van der Waals surface area (Å²) in [5.74, 6) is -0.0440. The summed E-state index contributed by atoms with van der Waals surface area (Å²) in [5, 5.41) is 2.75. The summed E-state index contributed by atoms with van der Waals surface area (Å²) in [7, 11) is 0. The lowest BCUT2D eigenvalue weighted by atomic mass is 10.2. The Hall–Kier alpha value is -1.51. The molecule has 0 saturated carbocycles. The number of hydrogen-bond donors (Lipinski definition) is 2. The van der Waals surface area contributed by atoms with Gasteiger partial charge in [0, 0.05) is 5.92 Å². The van der Waals surface area contributed by atoms with E-state index in [1.54, 1.807) is 12.1 Å². The van der Waals surface area contributed by atoms with Gasteiger partial charge in [-0.15, -0.1) is 0 Å². The van der Waals surface area contributed by atoms with Crippen molar-refractivity contribution < 1.29 is 4.79 Å². The molecule has 0 bridgehead atoms. The Kier molecular flexibility index (Phi) is 4.70. The average molecular weight is 194 g/mol. The van der Waals surface area contributed by atoms with Crippen molar-refractivity contribution in [3.8, 4) is 0 Å². The molecule has 3 heteroatoms. The summed E-state index contributed by atoms with van der Waals surface area (Å²) in [6.45, 7) is 3.68. The van der Waals surface area contributed by atoms with Gasteiger partial charge in [-0.25, -0.2) is 0 Å². The Morgan fingerprint density at radius 3 is 2.43 bits per heavy atom. The summed E-state index contributed by atoms with van der Waals surface area (Å²) < 4.78 is 0. The van der Waals surface area contributed by atoms with E-state index in [0.717, 1.165) is 0 Å². The lowest BCUT2D eigenvalue weighted by Gasteiger charge is -2.09. The fourth-order valence-corrected chi connectivity index (χ4v) is 0.888. The van der Waals surface area contributed by atoms with Gasteiger partial charge < -0.3 is 11.1 Å². The summed E-state index contributed by atoms with van der Waals surface area (Å²) in [5.41, 5.74) is 6.93. The van der Waals surface area contributed by atoms with Crippen molar-refractivity contribution in [3.63, 3.8) is 0 Å². The van der Waals surface area contributed by atoms with Gasteiger partial charge >= 0.3 is 0 Å². The fourth-order valence-electron chi connectivity index (χ4n) is 0.888. The van der Waals surface area contributed by atoms with Crippen LogP contribution in [0.1, 0.15) is 21.3 Å². The Bertz CT molecular complexity index is 308. The van der Waals surface area contributed by atoms with Crippen molar-refractivity contribution in [2.24, 2.45) is 5.92 Å². The van der Waals surface area contributed by atoms with Crippen LogP contribution in [0.4, 0.5) is 11.4 Å². The van der Waals surface area contributed by atoms with Crippen LogP contribution in [0.15, 0.2) is 24.3 Å². The van der Waals surface area contributed by atoms with Crippen LogP contribution < -0.4 is 11.1 Å². The molecule has 0 radical (unpaired) electrons. The van der Waals surface area contributed by atoms with Crippen LogP contribution in [0.3, 0.4) is 0 Å². The van der Waals surface area contributed by atoms with Gasteiger partial charge in [-0.05, 0) is 12.1 Å². The monoisotopic (exact) mass is 194 g/mol. The minimum absolute atomic E-state index is 0. The van der Waals surface area contributed by atoms with E-state index in [1.165, 1.54) is 0 Å². The SMILES string of the molecule is C.CC(C)C(=O)Nc1ccccc1N. The summed E-state index contributed by atoms with van der Waals surface area (Å²) in [6.07, 6.45) is 0. The second kappa shape index (κ2) is 5.27. The van der Waals surface area contributed by atoms with E-state index in [2.05, 4.69) is 5.32 Å². The zero-order valence-electron chi connectivity index (χ0n) is 7.87. The van der Waals surface area contributed by atoms with E-state index in [-0.39, 0.29) is 19.3 Å². The standard InChI is InChI=1S/C10H14N2O.CH4/c1-7(2)10(13)12-9-6-4-3-5-8(9)11;/h3-7H,11H2,1-2H3,(H,12,13);1H4. The molecule has 0 heterocycles. The second-order valence-electron chi connectivity index (χ2n) is 3.23. The smallest absolute Gasteiger partial charge is 0.226 e. The lowest BCUT2D eigenvalue weighted by molar-refractivity contribution is -0.118. The van der Waals surface area contributed by atoms with Crippen LogP contribution in [0, 0.1) is 5.92 Å². The number of nitrogen functional groups attached to an aromatic ring is 1. The molecule has 14 heavy (non-hydrogen) atoms. The molecule has 0 saturated heterocycles. The fraction of sp³-hybridized carbons (Fsp3) is 0.364. The predicted molar refractivity (Wildman–Crippen MR) is 61.1 cm³/mol. The van der Waals surface area contributed by atoms with Crippen LogP contribution >= 0.6 is 0 Å². The quantitative estimate of drug-likeness (QED) is 0.711. The molecule has 1 rings (SSSR count). The first kappa shape index (κ1) is 12.5. The third-order valence-corrected chi connectivity index (χ3v) is 1.74. The Morgan fingerprint density at radius 1 is 1.36 bits per heavy atom. The number of nitrogens with two attached hydrogens (primary N) is 1. The van der Waals surface area contributed by atoms with E-state index in [1.807, 2.05) is 26.0 Å². The Morgan fingerprint density at radius 2 is 1.93 bits per heavy atom. The van der Waals surface area contributed by atoms with Gasteiger partial charge in [-0.1, -0.05) is 33.4 Å². The van der Waals surface area contributed by atoms with Gasteiger partial charge in [0.1, 0.15) is 0 Å². The normalized spacial score (nSPS) is 9.36. The third kappa shape index (κ3) is 3.09. The van der Waals surface area contributed by atoms with Gasteiger partial charge in [0.05, 0.1) is 11.4 Å². The minimum atomic E-state index is -0.0281. The van der Waals surface area contributed by atoms with Crippen LogP contribution in [0.2, 0.25) is 0 Å². The average Bonchev–Trinajstić information content (AvgIpc) is 2.08. The van der Waals surface area contributed by atoms with Crippen molar-refractivity contribution in [1.82, 2.24) is 0 Å². The highest BCUT2D eigenvalue weighted by atomic mass is 16.1. The van der Waals surface area contributed by atoms with Crippen molar-refractivity contribution >= 4 is 17.3 Å². The maximum Gasteiger partial charge on any atom is 0.226 e. The van der Waals surface area contributed by atoms with Crippen molar-refractivity contribution in [3.05, 3.63) is 24.3 Å². The second-order valence-corrected chi connectivity index (χ2v) is 3.23. The Balaban J connectivity index is 0.00000169. The first-order chi connectivity index (χ1) is 6.11. The molecule has 1 amide bonds. The highest BCUT2D eigenvalue weighted by Crippen LogP contribution is 2.17. The van der Waals surface area contributed by atoms with E-state index < -0.39 is 0 Å². The summed E-state index contributed by atoms with van der Waals surface area (Å²) in [6, 6.07) is 7.22. The number of amides is 1. The molecular weight excluding hydrogens is 176 g/mol. The van der Waals surface area contributed by atoms with Crippen LogP contribution in [0.5, 0.6) is 0 Å². The number of benzene rings is 1. The number of nitrogens with one attached hydrogen (secondary N) is 1. The lowest BCUT2D eigenvalue weighted by Crippen LogP contribution is -2.18. The van der Waals surface area contributed by atoms with Crippen LogP contribution in [-0.4, -0.2) is 5.91 Å². The molecule has 1 aromatic rings. The van der Waals surface area contributed by atoms with Gasteiger partial charge in [-0.2, -0.15) is 0 Å². The summed E-state index contributed by atoms with van der Waals surface area (Å²) >= 11 is 0. The van der Waals surface area contributed by atoms with Crippen molar-refractivity contribution in [2.45, 2.75) is 21.3 Å². The molecule has 0 spiro atoms. The number of hydrogen-bond acceptors (Lipinski definition) is 2. The van der Waals surface area contributed by atoms with E-state index in [4.69, 9.17) is 5.73 Å². The molecule has 0 aromatic heterocycles. The summed E-state index contributed by atoms with van der Waals surface area (Å²) in [4.78, 5) is 11.3. The number of carbonyl (C=O) groups excluding carboxylic acids is 1. The van der Waals surface area contributed by atoms with Crippen LogP contribution in [0.25, 0.3) is 0 Å². The number of anilines is 2. The highest BCUT2D eigenvalue weighted by Gasteiger charge is 2.07. The molecule has 0 atom stereocenters. The zero-order chi connectivity index (χ0) is 9.84. The van der Waals surface area contributed by atoms with Gasteiger partial charge in [0.2, 0.25) is 5.91 Å². The first-order valence-electron chi connectivity index (χ1n) is 4.26. The van der Waals surface area contributed by atoms with Crippen molar-refractivity contribution in [1.29, 1.82) is 0 Å². The molecule has 3 nitrogen and oxygen atoms in total. The van der Waals surface area contributed by atoms with Gasteiger partial charge in [0.15, 0.2) is 0 Å². The number of para-hydroxylation sites is 2. The number of rotatable bonds is 2. The molecule has 0 aliphatic heterocycles.